The van der Waals surface area contributed by atoms with E-state index < -0.39 is 18.0 Å². The third-order valence-electron chi connectivity index (χ3n) is 3.54. The average molecular weight is 354 g/mol. The molecular weight excluding hydrogens is 336 g/mol. The van der Waals surface area contributed by atoms with E-state index in [1.807, 2.05) is 6.07 Å². The van der Waals surface area contributed by atoms with E-state index in [-0.39, 0.29) is 5.56 Å². The van der Waals surface area contributed by atoms with Gasteiger partial charge in [-0.05, 0) is 43.3 Å². The number of nitriles is 1. The molecule has 0 fully saturated rings. The number of benzene rings is 2. The fraction of sp³-hybridized carbons (Fsp3) is 0.211. The molecule has 7 heteroatoms. The highest BCUT2D eigenvalue weighted by Gasteiger charge is 2.22. The third-order valence-corrected chi connectivity index (χ3v) is 3.54. The molecule has 0 unspecified atom stereocenters. The number of rotatable bonds is 6. The summed E-state index contributed by atoms with van der Waals surface area (Å²) in [7, 11) is 2.90. The van der Waals surface area contributed by atoms with E-state index in [1.165, 1.54) is 33.3 Å². The van der Waals surface area contributed by atoms with Gasteiger partial charge in [0.1, 0.15) is 17.1 Å². The maximum absolute atomic E-state index is 12.4. The smallest absolute Gasteiger partial charge is 0.342 e. The van der Waals surface area contributed by atoms with Gasteiger partial charge in [-0.25, -0.2) is 4.79 Å². The topological polar surface area (TPSA) is 97.7 Å². The molecule has 2 aromatic rings. The summed E-state index contributed by atoms with van der Waals surface area (Å²) in [5, 5.41) is 11.5. The molecule has 0 bridgehead atoms. The van der Waals surface area contributed by atoms with E-state index >= 15 is 0 Å². The average Bonchev–Trinajstić information content (AvgIpc) is 2.67. The van der Waals surface area contributed by atoms with Gasteiger partial charge >= 0.3 is 5.97 Å². The first kappa shape index (κ1) is 18.8. The number of ether oxygens (including phenoxy) is 3. The number of carbonyl (C=O) groups excluding carboxylic acids is 2. The lowest BCUT2D eigenvalue weighted by molar-refractivity contribution is -0.123. The molecule has 1 atom stereocenters. The molecule has 0 aromatic heterocycles. The number of hydrogen-bond acceptors (Lipinski definition) is 6. The van der Waals surface area contributed by atoms with Gasteiger partial charge in [0, 0.05) is 5.69 Å². The summed E-state index contributed by atoms with van der Waals surface area (Å²) in [6.07, 6.45) is -1.05. The standard InChI is InChI=1S/C19H18N2O5/c1-12(18(22)21-14-6-4-5-13(9-14)11-20)26-19(23)16-10-15(24-2)7-8-17(16)25-3/h4-10,12H,1-3H3,(H,21,22)/t12-/m0/s1. The van der Waals surface area contributed by atoms with Crippen LogP contribution < -0.4 is 14.8 Å². The molecule has 1 amide bonds. The fourth-order valence-electron chi connectivity index (χ4n) is 2.16. The quantitative estimate of drug-likeness (QED) is 0.801. The Morgan fingerprint density at radius 1 is 1.12 bits per heavy atom. The zero-order valence-electron chi connectivity index (χ0n) is 14.6. The van der Waals surface area contributed by atoms with Crippen molar-refractivity contribution in [3.8, 4) is 17.6 Å². The molecule has 134 valence electrons. The number of nitrogens with one attached hydrogen (secondary N) is 1. The number of carbonyl (C=O) groups is 2. The van der Waals surface area contributed by atoms with Gasteiger partial charge in [-0.15, -0.1) is 0 Å². The van der Waals surface area contributed by atoms with Gasteiger partial charge in [0.25, 0.3) is 5.91 Å². The van der Waals surface area contributed by atoms with Crippen LogP contribution in [-0.4, -0.2) is 32.2 Å². The van der Waals surface area contributed by atoms with Crippen molar-refractivity contribution in [2.75, 3.05) is 19.5 Å². The Morgan fingerprint density at radius 3 is 2.54 bits per heavy atom. The summed E-state index contributed by atoms with van der Waals surface area (Å²) in [5.74, 6) is -0.460. The number of amides is 1. The maximum Gasteiger partial charge on any atom is 0.342 e. The van der Waals surface area contributed by atoms with Crippen LogP contribution in [0, 0.1) is 11.3 Å². The molecule has 2 aromatic carbocycles. The van der Waals surface area contributed by atoms with E-state index in [2.05, 4.69) is 5.32 Å². The molecule has 26 heavy (non-hydrogen) atoms. The molecule has 0 aliphatic rings. The van der Waals surface area contributed by atoms with E-state index in [0.29, 0.717) is 22.7 Å². The first-order valence-corrected chi connectivity index (χ1v) is 7.72. The molecule has 2 rings (SSSR count). The molecule has 0 spiro atoms. The number of hydrogen-bond donors (Lipinski definition) is 1. The zero-order chi connectivity index (χ0) is 19.1. The van der Waals surface area contributed by atoms with Crippen LogP contribution in [0.1, 0.15) is 22.8 Å². The minimum atomic E-state index is -1.05. The molecule has 0 radical (unpaired) electrons. The highest BCUT2D eigenvalue weighted by molar-refractivity contribution is 5.98. The van der Waals surface area contributed by atoms with Crippen LogP contribution in [-0.2, 0) is 9.53 Å². The third kappa shape index (κ3) is 4.51. The highest BCUT2D eigenvalue weighted by atomic mass is 16.5. The Hall–Kier alpha value is -3.53. The number of anilines is 1. The minimum Gasteiger partial charge on any atom is -0.497 e. The summed E-state index contributed by atoms with van der Waals surface area (Å²) in [5.41, 5.74) is 1.00. The van der Waals surface area contributed by atoms with Crippen molar-refractivity contribution in [1.82, 2.24) is 0 Å². The summed E-state index contributed by atoms with van der Waals surface area (Å²) in [6, 6.07) is 13.1. The molecule has 1 N–H and O–H groups in total. The van der Waals surface area contributed by atoms with Crippen LogP contribution in [0.5, 0.6) is 11.5 Å². The number of methoxy groups -OCH3 is 2. The Balaban J connectivity index is 2.08. The Bertz CT molecular complexity index is 857. The lowest BCUT2D eigenvalue weighted by Crippen LogP contribution is -2.30. The molecular formula is C19H18N2O5. The normalized spacial score (nSPS) is 11.0. The van der Waals surface area contributed by atoms with E-state index in [1.54, 1.807) is 30.3 Å². The largest absolute Gasteiger partial charge is 0.497 e. The van der Waals surface area contributed by atoms with Crippen LogP contribution in [0.2, 0.25) is 0 Å². The second-order valence-corrected chi connectivity index (χ2v) is 5.30. The highest BCUT2D eigenvalue weighted by Crippen LogP contribution is 2.25. The first-order chi connectivity index (χ1) is 12.5. The predicted octanol–water partition coefficient (Wildman–Crippen LogP) is 2.76. The van der Waals surface area contributed by atoms with Crippen LogP contribution >= 0.6 is 0 Å². The van der Waals surface area contributed by atoms with Gasteiger partial charge in [-0.1, -0.05) is 6.07 Å². The Labute approximate surface area is 151 Å². The number of nitrogens with zero attached hydrogens (tertiary/aromatic N) is 1. The summed E-state index contributed by atoms with van der Waals surface area (Å²) < 4.78 is 15.4. The van der Waals surface area contributed by atoms with Crippen molar-refractivity contribution in [2.24, 2.45) is 0 Å². The van der Waals surface area contributed by atoms with E-state index in [9.17, 15) is 9.59 Å². The van der Waals surface area contributed by atoms with E-state index in [4.69, 9.17) is 19.5 Å². The summed E-state index contributed by atoms with van der Waals surface area (Å²) >= 11 is 0. The van der Waals surface area contributed by atoms with Crippen molar-refractivity contribution in [2.45, 2.75) is 13.0 Å². The van der Waals surface area contributed by atoms with Gasteiger partial charge in [-0.2, -0.15) is 5.26 Å². The SMILES string of the molecule is COc1ccc(OC)c(C(=O)O[C@@H](C)C(=O)Nc2cccc(C#N)c2)c1. The van der Waals surface area contributed by atoms with Crippen molar-refractivity contribution >= 4 is 17.6 Å². The molecule has 0 saturated carbocycles. The lowest BCUT2D eigenvalue weighted by Gasteiger charge is -2.15. The summed E-state index contributed by atoms with van der Waals surface area (Å²) in [6.45, 7) is 1.45. The van der Waals surface area contributed by atoms with Crippen LogP contribution in [0.25, 0.3) is 0 Å². The Kier molecular flexibility index (Phi) is 6.17. The van der Waals surface area contributed by atoms with Gasteiger partial charge in [-0.3, -0.25) is 4.79 Å². The Morgan fingerprint density at radius 2 is 1.88 bits per heavy atom. The lowest BCUT2D eigenvalue weighted by atomic mass is 10.2. The van der Waals surface area contributed by atoms with Gasteiger partial charge in [0.15, 0.2) is 6.10 Å². The fourth-order valence-corrected chi connectivity index (χ4v) is 2.16. The molecule has 0 saturated heterocycles. The van der Waals surface area contributed by atoms with Crippen molar-refractivity contribution in [3.63, 3.8) is 0 Å². The second kappa shape index (κ2) is 8.53. The molecule has 7 nitrogen and oxygen atoms in total. The molecule has 0 heterocycles. The molecule has 0 aliphatic heterocycles. The summed E-state index contributed by atoms with van der Waals surface area (Å²) in [4.78, 5) is 24.6. The van der Waals surface area contributed by atoms with Crippen LogP contribution in [0.15, 0.2) is 42.5 Å². The van der Waals surface area contributed by atoms with E-state index in [0.717, 1.165) is 0 Å². The first-order valence-electron chi connectivity index (χ1n) is 7.72. The maximum atomic E-state index is 12.4. The van der Waals surface area contributed by atoms with Gasteiger partial charge < -0.3 is 19.5 Å². The van der Waals surface area contributed by atoms with Gasteiger partial charge in [0.05, 0.1) is 25.9 Å². The minimum absolute atomic E-state index is 0.151. The van der Waals surface area contributed by atoms with Crippen LogP contribution in [0.4, 0.5) is 5.69 Å². The zero-order valence-corrected chi connectivity index (χ0v) is 14.6. The number of esters is 1. The van der Waals surface area contributed by atoms with Crippen LogP contribution in [0.3, 0.4) is 0 Å². The van der Waals surface area contributed by atoms with Crippen molar-refractivity contribution in [1.29, 1.82) is 5.26 Å². The van der Waals surface area contributed by atoms with Gasteiger partial charge in [0.2, 0.25) is 0 Å². The molecule has 0 aliphatic carbocycles. The predicted molar refractivity (Wildman–Crippen MR) is 94.2 cm³/mol. The van der Waals surface area contributed by atoms with Crippen molar-refractivity contribution in [3.05, 3.63) is 53.6 Å². The van der Waals surface area contributed by atoms with Crippen molar-refractivity contribution < 1.29 is 23.8 Å². The monoisotopic (exact) mass is 354 g/mol. The second-order valence-electron chi connectivity index (χ2n) is 5.30.